The first-order valence-corrected chi connectivity index (χ1v) is 14.8. The Morgan fingerprint density at radius 2 is 0.761 bits per heavy atom. The van der Waals surface area contributed by atoms with Gasteiger partial charge in [-0.15, -0.1) is 0 Å². The summed E-state index contributed by atoms with van der Waals surface area (Å²) in [5.41, 5.74) is -7.94. The van der Waals surface area contributed by atoms with Gasteiger partial charge in [0.25, 0.3) is 0 Å². The summed E-state index contributed by atoms with van der Waals surface area (Å²) in [5.74, 6) is -3.80. The second-order valence-corrected chi connectivity index (χ2v) is 11.8. The second-order valence-electron chi connectivity index (χ2n) is 11.8. The normalized spacial score (nSPS) is 32.1. The smallest absolute Gasteiger partial charge is 0.417 e. The molecule has 0 saturated heterocycles. The number of esters is 2. The Hall–Kier alpha value is -2.34. The summed E-state index contributed by atoms with van der Waals surface area (Å²) in [6.07, 6.45) is -16.8. The Balaban J connectivity index is 0.000000346. The quantitative estimate of drug-likeness (QED) is 0.213. The van der Waals surface area contributed by atoms with E-state index in [0.29, 0.717) is 0 Å². The summed E-state index contributed by atoms with van der Waals surface area (Å²) in [6, 6.07) is 0. The highest BCUT2D eigenvalue weighted by Gasteiger charge is 2.57. The van der Waals surface area contributed by atoms with Crippen molar-refractivity contribution in [2.45, 2.75) is 126 Å². The van der Waals surface area contributed by atoms with Crippen LogP contribution in [-0.4, -0.2) is 86.9 Å². The number of aliphatic carboxylic acids is 1. The number of hydrogen-bond acceptors (Lipinski definition) is 8. The zero-order valence-electron chi connectivity index (χ0n) is 25.4. The molecule has 0 unspecified atom stereocenters. The van der Waals surface area contributed by atoms with Gasteiger partial charge in [-0.3, -0.25) is 14.4 Å². The summed E-state index contributed by atoms with van der Waals surface area (Å²) >= 11 is 0. The summed E-state index contributed by atoms with van der Waals surface area (Å²) < 4.78 is 121. The molecule has 3 fully saturated rings. The fourth-order valence-electron chi connectivity index (χ4n) is 5.38. The molecule has 270 valence electrons. The Morgan fingerprint density at radius 3 is 0.935 bits per heavy atom. The molecule has 0 atom stereocenters. The van der Waals surface area contributed by atoms with Crippen molar-refractivity contribution in [3.05, 3.63) is 0 Å². The van der Waals surface area contributed by atoms with Crippen molar-refractivity contribution in [1.82, 2.24) is 0 Å². The minimum Gasteiger partial charge on any atom is -0.481 e. The molecule has 18 heteroatoms. The minimum absolute atomic E-state index is 0.0227. The van der Waals surface area contributed by atoms with Crippen LogP contribution in [0.25, 0.3) is 0 Å². The van der Waals surface area contributed by atoms with Crippen molar-refractivity contribution in [3.8, 4) is 0 Å². The molecule has 3 aliphatic carbocycles. The maximum absolute atomic E-state index is 12.4. The van der Waals surface area contributed by atoms with Gasteiger partial charge in [0.05, 0.1) is 31.0 Å². The van der Waals surface area contributed by atoms with Crippen LogP contribution >= 0.6 is 0 Å². The predicted octanol–water partition coefficient (Wildman–Crippen LogP) is 5.62. The monoisotopic (exact) mass is 692 g/mol. The number of carboxylic acid groups (broad SMARTS) is 1. The third kappa shape index (κ3) is 11.1. The van der Waals surface area contributed by atoms with Crippen LogP contribution in [0.1, 0.15) is 90.9 Å². The van der Waals surface area contributed by atoms with Crippen LogP contribution in [0, 0.1) is 17.8 Å². The summed E-state index contributed by atoms with van der Waals surface area (Å²) in [7, 11) is 0. The molecule has 0 aromatic carbocycles. The number of aliphatic hydroxyl groups is 3. The number of rotatable bonds is 5. The summed E-state index contributed by atoms with van der Waals surface area (Å²) in [5, 5.41) is 36.5. The zero-order chi connectivity index (χ0) is 35.8. The SMILES string of the molecule is CCOC(=O)C1CCC(O)(C(F)(F)F)CC1.CCOC(=O)C1CCC(O)(C(F)(F)F)CC1.O=C(O)C1CCC(O)(C(F)(F)F)CC1. The van der Waals surface area contributed by atoms with E-state index in [4.69, 9.17) is 14.6 Å². The van der Waals surface area contributed by atoms with E-state index in [1.165, 1.54) is 0 Å². The molecule has 46 heavy (non-hydrogen) atoms. The first-order chi connectivity index (χ1) is 20.9. The van der Waals surface area contributed by atoms with E-state index in [1.54, 1.807) is 13.8 Å². The molecule has 0 spiro atoms. The molecule has 0 aliphatic heterocycles. The highest BCUT2D eigenvalue weighted by atomic mass is 19.4. The number of carbonyl (C=O) groups is 3. The van der Waals surface area contributed by atoms with E-state index in [0.717, 1.165) is 0 Å². The first kappa shape index (κ1) is 41.7. The average Bonchev–Trinajstić information content (AvgIpc) is 2.93. The molecular weight excluding hydrogens is 651 g/mol. The van der Waals surface area contributed by atoms with Gasteiger partial charge in [-0.05, 0) is 90.9 Å². The predicted molar refractivity (Wildman–Crippen MR) is 140 cm³/mol. The van der Waals surface area contributed by atoms with E-state index in [1.807, 2.05) is 0 Å². The van der Waals surface area contributed by atoms with Crippen LogP contribution in [0.4, 0.5) is 39.5 Å². The molecule has 4 N–H and O–H groups in total. The Kier molecular flexibility index (Phi) is 14.7. The molecule has 0 bridgehead atoms. The third-order valence-corrected chi connectivity index (χ3v) is 8.61. The lowest BCUT2D eigenvalue weighted by Crippen LogP contribution is -2.48. The van der Waals surface area contributed by atoms with Gasteiger partial charge in [-0.25, -0.2) is 0 Å². The van der Waals surface area contributed by atoms with Gasteiger partial charge in [0.2, 0.25) is 0 Å². The standard InChI is InChI=1S/2C10H15F3O3.C8H11F3O3/c2*1-2-16-8(14)7-3-5-9(15,6-4-7)10(11,12)13;9-8(10,11)7(14)3-1-5(2-4-7)6(12)13/h2*7,15H,2-6H2,1H3;5,14H,1-4H2,(H,12,13). The van der Waals surface area contributed by atoms with Gasteiger partial charge in [0.15, 0.2) is 16.8 Å². The molecule has 3 aliphatic rings. The van der Waals surface area contributed by atoms with Gasteiger partial charge < -0.3 is 29.9 Å². The van der Waals surface area contributed by atoms with Crippen molar-refractivity contribution in [2.75, 3.05) is 13.2 Å². The van der Waals surface area contributed by atoms with Crippen LogP contribution in [0.15, 0.2) is 0 Å². The van der Waals surface area contributed by atoms with Gasteiger partial charge in [0, 0.05) is 0 Å². The fourth-order valence-corrected chi connectivity index (χ4v) is 5.38. The molecule has 9 nitrogen and oxygen atoms in total. The third-order valence-electron chi connectivity index (χ3n) is 8.61. The number of ether oxygens (including phenoxy) is 2. The van der Waals surface area contributed by atoms with Gasteiger partial charge in [0.1, 0.15) is 0 Å². The maximum atomic E-state index is 12.4. The summed E-state index contributed by atoms with van der Waals surface area (Å²) in [6.45, 7) is 3.73. The Morgan fingerprint density at radius 1 is 0.543 bits per heavy atom. The lowest BCUT2D eigenvalue weighted by Gasteiger charge is -2.36. The van der Waals surface area contributed by atoms with E-state index >= 15 is 0 Å². The lowest BCUT2D eigenvalue weighted by atomic mass is 9.78. The molecule has 0 aromatic heterocycles. The second kappa shape index (κ2) is 16.2. The average molecular weight is 693 g/mol. The lowest BCUT2D eigenvalue weighted by molar-refractivity contribution is -0.272. The van der Waals surface area contributed by atoms with Crippen LogP contribution in [0.3, 0.4) is 0 Å². The van der Waals surface area contributed by atoms with Crippen LogP contribution in [-0.2, 0) is 23.9 Å². The molecule has 0 radical (unpaired) electrons. The molecule has 0 aromatic rings. The molecule has 0 amide bonds. The van der Waals surface area contributed by atoms with Gasteiger partial charge in [-0.2, -0.15) is 39.5 Å². The van der Waals surface area contributed by atoms with E-state index in [-0.39, 0.29) is 51.7 Å². The van der Waals surface area contributed by atoms with E-state index < -0.39 is 110 Å². The number of carboxylic acids is 1. The number of hydrogen-bond donors (Lipinski definition) is 4. The highest BCUT2D eigenvalue weighted by Crippen LogP contribution is 2.45. The maximum Gasteiger partial charge on any atom is 0.417 e. The minimum atomic E-state index is -4.66. The largest absolute Gasteiger partial charge is 0.481 e. The van der Waals surface area contributed by atoms with E-state index in [9.17, 15) is 69.2 Å². The Bertz CT molecular complexity index is 934. The van der Waals surface area contributed by atoms with Crippen LogP contribution < -0.4 is 0 Å². The van der Waals surface area contributed by atoms with Crippen molar-refractivity contribution in [1.29, 1.82) is 0 Å². The van der Waals surface area contributed by atoms with Crippen LogP contribution in [0.5, 0.6) is 0 Å². The fraction of sp³-hybridized carbons (Fsp3) is 0.893. The zero-order valence-corrected chi connectivity index (χ0v) is 25.4. The first-order valence-electron chi connectivity index (χ1n) is 14.8. The van der Waals surface area contributed by atoms with Crippen LogP contribution in [0.2, 0.25) is 0 Å². The van der Waals surface area contributed by atoms with Crippen molar-refractivity contribution in [2.24, 2.45) is 17.8 Å². The summed E-state index contributed by atoms with van der Waals surface area (Å²) in [4.78, 5) is 33.0. The Labute approximate surface area is 259 Å². The topological polar surface area (TPSA) is 151 Å². The highest BCUT2D eigenvalue weighted by molar-refractivity contribution is 5.73. The number of carbonyl (C=O) groups excluding carboxylic acids is 2. The number of halogens is 9. The molecule has 3 saturated carbocycles. The van der Waals surface area contributed by atoms with Crippen molar-refractivity contribution < 1.29 is 83.8 Å². The molecular formula is C28H41F9O9. The molecule has 0 heterocycles. The van der Waals surface area contributed by atoms with Crippen molar-refractivity contribution >= 4 is 17.9 Å². The van der Waals surface area contributed by atoms with Gasteiger partial charge in [-0.1, -0.05) is 0 Å². The van der Waals surface area contributed by atoms with Crippen molar-refractivity contribution in [3.63, 3.8) is 0 Å². The number of alkyl halides is 9. The molecule has 3 rings (SSSR count). The van der Waals surface area contributed by atoms with Gasteiger partial charge >= 0.3 is 36.4 Å². The van der Waals surface area contributed by atoms with E-state index in [2.05, 4.69) is 0 Å².